The van der Waals surface area contributed by atoms with E-state index in [9.17, 15) is 0 Å². The summed E-state index contributed by atoms with van der Waals surface area (Å²) in [6.45, 7) is 12.5. The molecule has 2 aliphatic heterocycles. The largest absolute Gasteiger partial charge is 0.379 e. The van der Waals surface area contributed by atoms with Gasteiger partial charge in [-0.05, 0) is 33.6 Å². The van der Waals surface area contributed by atoms with Crippen molar-refractivity contribution < 1.29 is 4.74 Å². The van der Waals surface area contributed by atoms with E-state index >= 15 is 0 Å². The predicted octanol–water partition coefficient (Wildman–Crippen LogP) is 1.75. The Hall–Kier alpha value is -2.06. The van der Waals surface area contributed by atoms with Crippen molar-refractivity contribution in [3.8, 4) is 0 Å². The maximum Gasteiger partial charge on any atom is 0.146 e. The first-order chi connectivity index (χ1) is 13.5. The van der Waals surface area contributed by atoms with Crippen LogP contribution in [0.15, 0.2) is 0 Å². The fourth-order valence-corrected chi connectivity index (χ4v) is 4.27. The molecule has 152 valence electrons. The Labute approximate surface area is 166 Å². The lowest BCUT2D eigenvalue weighted by atomic mass is 9.96. The summed E-state index contributed by atoms with van der Waals surface area (Å²) in [5.41, 5.74) is 2.24. The van der Waals surface area contributed by atoms with Crippen molar-refractivity contribution >= 4 is 5.82 Å². The highest BCUT2D eigenvalue weighted by Gasteiger charge is 2.28. The van der Waals surface area contributed by atoms with E-state index in [1.165, 1.54) is 5.56 Å². The van der Waals surface area contributed by atoms with Crippen LogP contribution in [0.5, 0.6) is 0 Å². The van der Waals surface area contributed by atoms with Crippen LogP contribution in [0.25, 0.3) is 0 Å². The number of rotatable bonds is 4. The van der Waals surface area contributed by atoms with Gasteiger partial charge >= 0.3 is 0 Å². The van der Waals surface area contributed by atoms with Crippen LogP contribution in [-0.2, 0) is 18.3 Å². The van der Waals surface area contributed by atoms with Gasteiger partial charge in [0.15, 0.2) is 0 Å². The lowest BCUT2D eigenvalue weighted by molar-refractivity contribution is 0.0326. The van der Waals surface area contributed by atoms with Gasteiger partial charge in [-0.25, -0.2) is 9.97 Å². The van der Waals surface area contributed by atoms with Gasteiger partial charge < -0.3 is 14.2 Å². The van der Waals surface area contributed by atoms with Crippen LogP contribution >= 0.6 is 0 Å². The van der Waals surface area contributed by atoms with Gasteiger partial charge in [0, 0.05) is 50.4 Å². The number of aryl methyl sites for hydroxylation is 2. The third kappa shape index (κ3) is 3.89. The van der Waals surface area contributed by atoms with Gasteiger partial charge in [-0.3, -0.25) is 4.90 Å². The maximum absolute atomic E-state index is 5.45. The lowest BCUT2D eigenvalue weighted by Crippen LogP contribution is -2.37. The minimum atomic E-state index is 0.375. The standard InChI is InChI=1S/C20H31N7O/c1-14-15(2)21-16(3)22-19(14)27-7-5-6-17(12-27)20-24-23-18(25(20)4)13-26-8-10-28-11-9-26/h17H,5-13H2,1-4H3/t17-/m1/s1. The summed E-state index contributed by atoms with van der Waals surface area (Å²) in [5.74, 6) is 4.42. The molecule has 2 aromatic rings. The van der Waals surface area contributed by atoms with Crippen molar-refractivity contribution in [2.75, 3.05) is 44.3 Å². The summed E-state index contributed by atoms with van der Waals surface area (Å²) in [7, 11) is 2.11. The molecule has 4 heterocycles. The fraction of sp³-hybridized carbons (Fsp3) is 0.700. The van der Waals surface area contributed by atoms with Crippen LogP contribution in [0.4, 0.5) is 5.82 Å². The van der Waals surface area contributed by atoms with Gasteiger partial charge in [-0.2, -0.15) is 0 Å². The van der Waals surface area contributed by atoms with Crippen LogP contribution in [0.1, 0.15) is 47.5 Å². The zero-order chi connectivity index (χ0) is 19.7. The molecule has 2 saturated heterocycles. The summed E-state index contributed by atoms with van der Waals surface area (Å²) >= 11 is 0. The van der Waals surface area contributed by atoms with E-state index in [-0.39, 0.29) is 0 Å². The minimum absolute atomic E-state index is 0.375. The van der Waals surface area contributed by atoms with Crippen molar-refractivity contribution in [2.45, 2.75) is 46.1 Å². The summed E-state index contributed by atoms with van der Waals surface area (Å²) in [6.07, 6.45) is 2.28. The summed E-state index contributed by atoms with van der Waals surface area (Å²) < 4.78 is 7.65. The molecule has 8 nitrogen and oxygen atoms in total. The molecule has 4 rings (SSSR count). The van der Waals surface area contributed by atoms with Crippen molar-refractivity contribution in [1.29, 1.82) is 0 Å². The van der Waals surface area contributed by atoms with Crippen LogP contribution in [0, 0.1) is 20.8 Å². The van der Waals surface area contributed by atoms with Crippen LogP contribution in [-0.4, -0.2) is 69.0 Å². The van der Waals surface area contributed by atoms with Gasteiger partial charge in [-0.1, -0.05) is 0 Å². The van der Waals surface area contributed by atoms with Crippen LogP contribution < -0.4 is 4.90 Å². The van der Waals surface area contributed by atoms with Crippen molar-refractivity contribution in [3.63, 3.8) is 0 Å². The molecule has 0 unspecified atom stereocenters. The smallest absolute Gasteiger partial charge is 0.146 e. The zero-order valence-corrected chi connectivity index (χ0v) is 17.5. The Morgan fingerprint density at radius 3 is 2.61 bits per heavy atom. The first-order valence-electron chi connectivity index (χ1n) is 10.3. The van der Waals surface area contributed by atoms with E-state index in [0.29, 0.717) is 5.92 Å². The van der Waals surface area contributed by atoms with Crippen molar-refractivity contribution in [1.82, 2.24) is 29.6 Å². The maximum atomic E-state index is 5.45. The second kappa shape index (κ2) is 8.13. The number of anilines is 1. The molecular weight excluding hydrogens is 354 g/mol. The minimum Gasteiger partial charge on any atom is -0.379 e. The molecule has 0 saturated carbocycles. The topological polar surface area (TPSA) is 72.2 Å². The molecule has 2 aromatic heterocycles. The van der Waals surface area contributed by atoms with E-state index < -0.39 is 0 Å². The molecule has 2 aliphatic rings. The number of aromatic nitrogens is 5. The van der Waals surface area contributed by atoms with Crippen LogP contribution in [0.3, 0.4) is 0 Å². The first-order valence-corrected chi connectivity index (χ1v) is 10.3. The van der Waals surface area contributed by atoms with E-state index in [2.05, 4.69) is 50.4 Å². The number of morpholine rings is 1. The molecule has 28 heavy (non-hydrogen) atoms. The van der Waals surface area contributed by atoms with Gasteiger partial charge in [-0.15, -0.1) is 10.2 Å². The van der Waals surface area contributed by atoms with E-state index in [1.54, 1.807) is 0 Å². The third-order valence-electron chi connectivity index (χ3n) is 6.03. The number of hydrogen-bond acceptors (Lipinski definition) is 7. The number of ether oxygens (including phenoxy) is 1. The molecule has 0 radical (unpaired) electrons. The first kappa shape index (κ1) is 19.3. The average Bonchev–Trinajstić information content (AvgIpc) is 3.06. The normalized spacial score (nSPS) is 21.3. The van der Waals surface area contributed by atoms with Crippen LogP contribution in [0.2, 0.25) is 0 Å². The lowest BCUT2D eigenvalue weighted by Gasteiger charge is -2.34. The molecule has 0 bridgehead atoms. The van der Waals surface area contributed by atoms with Crippen molar-refractivity contribution in [3.05, 3.63) is 28.7 Å². The molecule has 8 heteroatoms. The van der Waals surface area contributed by atoms with Gasteiger partial charge in [0.05, 0.1) is 19.8 Å². The number of nitrogens with zero attached hydrogens (tertiary/aromatic N) is 7. The Morgan fingerprint density at radius 2 is 1.82 bits per heavy atom. The molecule has 0 N–H and O–H groups in total. The zero-order valence-electron chi connectivity index (χ0n) is 17.5. The summed E-state index contributed by atoms with van der Waals surface area (Å²) in [4.78, 5) is 14.0. The SMILES string of the molecule is Cc1nc(C)c(C)c(N2CCC[C@@H](c3nnc(CN4CCOCC4)n3C)C2)n1. The fourth-order valence-electron chi connectivity index (χ4n) is 4.27. The highest BCUT2D eigenvalue weighted by molar-refractivity contribution is 5.49. The third-order valence-corrected chi connectivity index (χ3v) is 6.03. The molecule has 0 aliphatic carbocycles. The van der Waals surface area contributed by atoms with E-state index in [1.807, 2.05) is 6.92 Å². The quantitative estimate of drug-likeness (QED) is 0.794. The van der Waals surface area contributed by atoms with E-state index in [0.717, 1.165) is 87.8 Å². The average molecular weight is 386 g/mol. The molecule has 0 spiro atoms. The second-order valence-electron chi connectivity index (χ2n) is 8.01. The molecule has 2 fully saturated rings. The Kier molecular flexibility index (Phi) is 5.59. The summed E-state index contributed by atoms with van der Waals surface area (Å²) in [6, 6.07) is 0. The van der Waals surface area contributed by atoms with E-state index in [4.69, 9.17) is 9.72 Å². The number of hydrogen-bond donors (Lipinski definition) is 0. The Bertz CT molecular complexity index is 828. The van der Waals surface area contributed by atoms with Gasteiger partial charge in [0.2, 0.25) is 0 Å². The monoisotopic (exact) mass is 385 g/mol. The number of piperidine rings is 1. The van der Waals surface area contributed by atoms with Gasteiger partial charge in [0.25, 0.3) is 0 Å². The molecule has 0 amide bonds. The molecular formula is C20H31N7O. The molecule has 0 aromatic carbocycles. The predicted molar refractivity (Wildman–Crippen MR) is 108 cm³/mol. The Morgan fingerprint density at radius 1 is 1.04 bits per heavy atom. The van der Waals surface area contributed by atoms with Gasteiger partial charge in [0.1, 0.15) is 23.3 Å². The molecule has 1 atom stereocenters. The van der Waals surface area contributed by atoms with Crippen molar-refractivity contribution in [2.24, 2.45) is 7.05 Å². The second-order valence-corrected chi connectivity index (χ2v) is 8.01. The highest BCUT2D eigenvalue weighted by Crippen LogP contribution is 2.30. The summed E-state index contributed by atoms with van der Waals surface area (Å²) in [5, 5.41) is 9.10. The highest BCUT2D eigenvalue weighted by atomic mass is 16.5. The Balaban J connectivity index is 1.51.